The molecule has 0 saturated heterocycles. The summed E-state index contributed by atoms with van der Waals surface area (Å²) in [5, 5.41) is 11.2. The van der Waals surface area contributed by atoms with E-state index >= 15 is 0 Å². The van der Waals surface area contributed by atoms with E-state index in [2.05, 4.69) is 0 Å². The number of nitro benzene ring substituents is 1. The first-order valence-electron chi connectivity index (χ1n) is 5.32. The lowest BCUT2D eigenvalue weighted by Gasteiger charge is -2.23. The first-order valence-corrected chi connectivity index (χ1v) is 6.08. The van der Waals surface area contributed by atoms with Crippen LogP contribution in [0.5, 0.6) is 0 Å². The fourth-order valence-corrected chi connectivity index (χ4v) is 2.25. The Morgan fingerprint density at radius 1 is 1.17 bits per heavy atom. The molecular weight excluding hydrogens is 277 g/mol. The molecule has 0 unspecified atom stereocenters. The Labute approximate surface area is 116 Å². The first-order chi connectivity index (χ1) is 8.32. The molecule has 0 atom stereocenters. The highest BCUT2D eigenvalue weighted by Gasteiger charge is 2.17. The van der Waals surface area contributed by atoms with Gasteiger partial charge in [0.05, 0.1) is 20.7 Å². The zero-order valence-electron chi connectivity index (χ0n) is 10.5. The molecule has 0 spiro atoms. The summed E-state index contributed by atoms with van der Waals surface area (Å²) in [5.74, 6) is 0. The van der Waals surface area contributed by atoms with Gasteiger partial charge in [0, 0.05) is 32.3 Å². The van der Waals surface area contributed by atoms with Gasteiger partial charge in [-0.1, -0.05) is 23.2 Å². The highest BCUT2D eigenvalue weighted by molar-refractivity contribution is 6.39. The summed E-state index contributed by atoms with van der Waals surface area (Å²) in [6, 6.07) is 2.63. The largest absolute Gasteiger partial charge is 0.371 e. The molecule has 7 heteroatoms. The molecule has 0 N–H and O–H groups in total. The Morgan fingerprint density at radius 3 is 2.06 bits per heavy atom. The van der Waals surface area contributed by atoms with Gasteiger partial charge in [0.15, 0.2) is 0 Å². The van der Waals surface area contributed by atoms with Crippen molar-refractivity contribution in [1.82, 2.24) is 4.90 Å². The molecule has 1 aromatic rings. The number of hydrogen-bond acceptors (Lipinski definition) is 4. The van der Waals surface area contributed by atoms with Crippen molar-refractivity contribution in [2.45, 2.75) is 0 Å². The van der Waals surface area contributed by atoms with Crippen molar-refractivity contribution < 1.29 is 4.92 Å². The third kappa shape index (κ3) is 3.73. The van der Waals surface area contributed by atoms with Crippen LogP contribution in [0.15, 0.2) is 12.1 Å². The molecule has 0 heterocycles. The Morgan fingerprint density at radius 2 is 1.67 bits per heavy atom. The predicted octanol–water partition coefficient (Wildman–Crippen LogP) is 2.90. The van der Waals surface area contributed by atoms with Gasteiger partial charge in [0.25, 0.3) is 5.69 Å². The smallest absolute Gasteiger partial charge is 0.272 e. The van der Waals surface area contributed by atoms with Gasteiger partial charge in [0.1, 0.15) is 0 Å². The summed E-state index contributed by atoms with van der Waals surface area (Å²) in [6.45, 7) is 1.56. The van der Waals surface area contributed by atoms with Gasteiger partial charge in [-0.3, -0.25) is 10.1 Å². The molecule has 0 bridgehead atoms. The van der Waals surface area contributed by atoms with Gasteiger partial charge in [-0.15, -0.1) is 0 Å². The zero-order valence-corrected chi connectivity index (χ0v) is 12.0. The third-order valence-corrected chi connectivity index (χ3v) is 3.05. The van der Waals surface area contributed by atoms with Crippen molar-refractivity contribution in [2.24, 2.45) is 0 Å². The summed E-state index contributed by atoms with van der Waals surface area (Å²) in [5.41, 5.74) is 0.514. The highest BCUT2D eigenvalue weighted by Crippen LogP contribution is 2.36. The molecule has 0 aliphatic carbocycles. The summed E-state index contributed by atoms with van der Waals surface area (Å²) in [7, 11) is 5.78. The molecule has 1 aromatic carbocycles. The van der Waals surface area contributed by atoms with Crippen LogP contribution < -0.4 is 4.90 Å². The van der Waals surface area contributed by atoms with E-state index in [1.807, 2.05) is 30.9 Å². The monoisotopic (exact) mass is 291 g/mol. The van der Waals surface area contributed by atoms with Crippen molar-refractivity contribution in [3.63, 3.8) is 0 Å². The topological polar surface area (TPSA) is 49.6 Å². The standard InChI is InChI=1S/C11H15Cl2N3O2/c1-14(2)4-5-15(3)11-9(12)6-8(16(17)18)7-10(11)13/h6-7H,4-5H2,1-3H3. The second-order valence-corrected chi connectivity index (χ2v) is 5.05. The second kappa shape index (κ2) is 6.22. The van der Waals surface area contributed by atoms with Crippen molar-refractivity contribution >= 4 is 34.6 Å². The molecule has 1 rings (SSSR count). The number of halogens is 2. The van der Waals surface area contributed by atoms with Crippen LogP contribution in [-0.4, -0.2) is 44.1 Å². The Kier molecular flexibility index (Phi) is 5.19. The predicted molar refractivity (Wildman–Crippen MR) is 74.9 cm³/mol. The quantitative estimate of drug-likeness (QED) is 0.618. The van der Waals surface area contributed by atoms with E-state index in [1.54, 1.807) is 0 Å². The van der Waals surface area contributed by atoms with Crippen LogP contribution in [0.1, 0.15) is 0 Å². The first kappa shape index (κ1) is 15.0. The molecule has 5 nitrogen and oxygen atoms in total. The van der Waals surface area contributed by atoms with Crippen LogP contribution in [0.3, 0.4) is 0 Å². The van der Waals surface area contributed by atoms with Crippen LogP contribution >= 0.6 is 23.2 Å². The number of nitro groups is 1. The van der Waals surface area contributed by atoms with Crippen LogP contribution in [0, 0.1) is 10.1 Å². The van der Waals surface area contributed by atoms with E-state index in [1.165, 1.54) is 12.1 Å². The van der Waals surface area contributed by atoms with E-state index in [-0.39, 0.29) is 15.7 Å². The molecule has 0 saturated carbocycles. The summed E-state index contributed by atoms with van der Waals surface area (Å²) in [6.07, 6.45) is 0. The van der Waals surface area contributed by atoms with Crippen molar-refractivity contribution in [1.29, 1.82) is 0 Å². The molecule has 0 radical (unpaired) electrons. The van der Waals surface area contributed by atoms with Crippen molar-refractivity contribution in [3.8, 4) is 0 Å². The Bertz CT molecular complexity index is 429. The van der Waals surface area contributed by atoms with Crippen molar-refractivity contribution in [2.75, 3.05) is 39.1 Å². The maximum atomic E-state index is 10.7. The number of nitrogens with zero attached hydrogens (tertiary/aromatic N) is 3. The van der Waals surface area contributed by atoms with E-state index in [0.717, 1.165) is 13.1 Å². The number of likely N-dealkylation sites (N-methyl/N-ethyl adjacent to an activating group) is 2. The molecule has 0 amide bonds. The van der Waals surface area contributed by atoms with E-state index < -0.39 is 4.92 Å². The molecule has 0 fully saturated rings. The average molecular weight is 292 g/mol. The average Bonchev–Trinajstić information content (AvgIpc) is 2.25. The fraction of sp³-hybridized carbons (Fsp3) is 0.455. The minimum absolute atomic E-state index is 0.102. The molecule has 18 heavy (non-hydrogen) atoms. The number of hydrogen-bond donors (Lipinski definition) is 0. The summed E-state index contributed by atoms with van der Waals surface area (Å²) in [4.78, 5) is 14.1. The third-order valence-electron chi connectivity index (χ3n) is 2.48. The summed E-state index contributed by atoms with van der Waals surface area (Å²) < 4.78 is 0. The fourth-order valence-electron chi connectivity index (χ4n) is 1.48. The lowest BCUT2D eigenvalue weighted by molar-refractivity contribution is -0.384. The zero-order chi connectivity index (χ0) is 13.9. The van der Waals surface area contributed by atoms with Crippen LogP contribution in [-0.2, 0) is 0 Å². The summed E-state index contributed by atoms with van der Waals surface area (Å²) >= 11 is 12.1. The number of rotatable bonds is 5. The Hall–Kier alpha value is -1.04. The highest BCUT2D eigenvalue weighted by atomic mass is 35.5. The molecule has 100 valence electrons. The lowest BCUT2D eigenvalue weighted by Crippen LogP contribution is -2.28. The van der Waals surface area contributed by atoms with Gasteiger partial charge in [-0.2, -0.15) is 0 Å². The number of anilines is 1. The number of benzene rings is 1. The van der Waals surface area contributed by atoms with Gasteiger partial charge in [-0.25, -0.2) is 0 Å². The van der Waals surface area contributed by atoms with Crippen LogP contribution in [0.25, 0.3) is 0 Å². The maximum absolute atomic E-state index is 10.7. The minimum atomic E-state index is -0.513. The van der Waals surface area contributed by atoms with Crippen LogP contribution in [0.4, 0.5) is 11.4 Å². The van der Waals surface area contributed by atoms with Gasteiger partial charge in [-0.05, 0) is 14.1 Å². The van der Waals surface area contributed by atoms with E-state index in [9.17, 15) is 10.1 Å². The molecule has 0 aliphatic rings. The van der Waals surface area contributed by atoms with Gasteiger partial charge < -0.3 is 9.80 Å². The van der Waals surface area contributed by atoms with E-state index in [0.29, 0.717) is 5.69 Å². The number of non-ortho nitro benzene ring substituents is 1. The SMILES string of the molecule is CN(C)CCN(C)c1c(Cl)cc([N+](=O)[O-])cc1Cl. The molecular formula is C11H15Cl2N3O2. The van der Waals surface area contributed by atoms with Gasteiger partial charge >= 0.3 is 0 Å². The lowest BCUT2D eigenvalue weighted by atomic mass is 10.2. The normalized spacial score (nSPS) is 10.8. The van der Waals surface area contributed by atoms with Crippen molar-refractivity contribution in [3.05, 3.63) is 32.3 Å². The second-order valence-electron chi connectivity index (χ2n) is 4.24. The Balaban J connectivity index is 2.99. The van der Waals surface area contributed by atoms with Gasteiger partial charge in [0.2, 0.25) is 0 Å². The molecule has 0 aliphatic heterocycles. The van der Waals surface area contributed by atoms with E-state index in [4.69, 9.17) is 23.2 Å². The molecule has 0 aromatic heterocycles. The van der Waals surface area contributed by atoms with Crippen LogP contribution in [0.2, 0.25) is 10.0 Å². The maximum Gasteiger partial charge on any atom is 0.272 e. The minimum Gasteiger partial charge on any atom is -0.371 e.